The number of ether oxygens (including phenoxy) is 1. The van der Waals surface area contributed by atoms with Crippen molar-refractivity contribution in [3.8, 4) is 0 Å². The van der Waals surface area contributed by atoms with Gasteiger partial charge in [0.1, 0.15) is 5.60 Å². The second kappa shape index (κ2) is 22.9. The molecule has 0 aliphatic heterocycles. The van der Waals surface area contributed by atoms with Gasteiger partial charge in [0.2, 0.25) is 0 Å². The third-order valence-electron chi connectivity index (χ3n) is 6.88. The van der Waals surface area contributed by atoms with Gasteiger partial charge in [-0.1, -0.05) is 97.3 Å². The van der Waals surface area contributed by atoms with Crippen LogP contribution in [0.5, 0.6) is 0 Å². The predicted octanol–water partition coefficient (Wildman–Crippen LogP) is 8.09. The molecular weight excluding hydrogens is 452 g/mol. The number of aliphatic carboxylic acids is 1. The van der Waals surface area contributed by atoms with E-state index in [9.17, 15) is 14.7 Å². The van der Waals surface area contributed by atoms with Crippen LogP contribution in [0.2, 0.25) is 0 Å². The molecule has 2 unspecified atom stereocenters. The van der Waals surface area contributed by atoms with Crippen LogP contribution in [0.15, 0.2) is 0 Å². The highest BCUT2D eigenvalue weighted by Crippen LogP contribution is 2.32. The van der Waals surface area contributed by atoms with Crippen LogP contribution in [0.25, 0.3) is 0 Å². The number of carboxylic acid groups (broad SMARTS) is 1. The molecule has 0 bridgehead atoms. The number of rotatable bonds is 24. The minimum Gasteiger partial charge on any atom is -0.481 e. The molecular formula is C30H60N2O4. The topological polar surface area (TPSA) is 87.7 Å². The molecule has 0 aromatic carbocycles. The van der Waals surface area contributed by atoms with E-state index in [1.54, 1.807) is 0 Å². The van der Waals surface area contributed by atoms with Crippen molar-refractivity contribution in [3.63, 3.8) is 0 Å². The second-order valence-corrected chi connectivity index (χ2v) is 11.5. The van der Waals surface area contributed by atoms with Gasteiger partial charge in [0.15, 0.2) is 0 Å². The summed E-state index contributed by atoms with van der Waals surface area (Å²) in [7, 11) is 0. The van der Waals surface area contributed by atoms with E-state index in [1.165, 1.54) is 70.6 Å². The van der Waals surface area contributed by atoms with E-state index in [4.69, 9.17) is 4.74 Å². The van der Waals surface area contributed by atoms with Crippen LogP contribution in [-0.4, -0.2) is 42.4 Å². The summed E-state index contributed by atoms with van der Waals surface area (Å²) < 4.78 is 5.24. The van der Waals surface area contributed by atoms with E-state index < -0.39 is 11.6 Å². The maximum absolute atomic E-state index is 11.7. The molecule has 2 atom stereocenters. The molecule has 36 heavy (non-hydrogen) atoms. The molecule has 0 saturated carbocycles. The first-order valence-electron chi connectivity index (χ1n) is 15.1. The molecule has 0 heterocycles. The largest absolute Gasteiger partial charge is 0.481 e. The number of nitrogens with one attached hydrogen (secondary N) is 2. The van der Waals surface area contributed by atoms with Crippen molar-refractivity contribution in [1.82, 2.24) is 10.6 Å². The Morgan fingerprint density at radius 2 is 1.19 bits per heavy atom. The van der Waals surface area contributed by atoms with Crippen LogP contribution in [-0.2, 0) is 9.53 Å². The summed E-state index contributed by atoms with van der Waals surface area (Å²) in [4.78, 5) is 23.0. The lowest BCUT2D eigenvalue weighted by atomic mass is 9.78. The van der Waals surface area contributed by atoms with Gasteiger partial charge in [0.05, 0.1) is 0 Å². The monoisotopic (exact) mass is 512 g/mol. The number of carbonyl (C=O) groups excluding carboxylic acids is 1. The first kappa shape index (κ1) is 34.7. The Kier molecular flexibility index (Phi) is 22.0. The molecule has 0 aromatic rings. The predicted molar refractivity (Wildman–Crippen MR) is 152 cm³/mol. The van der Waals surface area contributed by atoms with Crippen LogP contribution in [0, 0.1) is 11.8 Å². The van der Waals surface area contributed by atoms with E-state index in [0.29, 0.717) is 24.8 Å². The summed E-state index contributed by atoms with van der Waals surface area (Å²) in [5.74, 6) is 0.550. The smallest absolute Gasteiger partial charge is 0.407 e. The third kappa shape index (κ3) is 23.1. The van der Waals surface area contributed by atoms with Gasteiger partial charge in [-0.25, -0.2) is 4.79 Å². The SMILES string of the molecule is CCCCCCCCC(CCCCC)C(CCCCNCCCNC(=O)OC(C)(C)C)CCC(=O)O. The zero-order valence-electron chi connectivity index (χ0n) is 24.5. The number of alkyl carbamates (subject to hydrolysis) is 1. The van der Waals surface area contributed by atoms with E-state index in [0.717, 1.165) is 45.2 Å². The van der Waals surface area contributed by atoms with Crippen molar-refractivity contribution in [2.75, 3.05) is 19.6 Å². The van der Waals surface area contributed by atoms with Crippen LogP contribution in [0.3, 0.4) is 0 Å². The van der Waals surface area contributed by atoms with Gasteiger partial charge in [-0.15, -0.1) is 0 Å². The Morgan fingerprint density at radius 1 is 0.694 bits per heavy atom. The highest BCUT2D eigenvalue weighted by Gasteiger charge is 2.21. The minimum absolute atomic E-state index is 0.300. The molecule has 0 rings (SSSR count). The molecule has 6 heteroatoms. The molecule has 0 aliphatic carbocycles. The molecule has 0 aromatic heterocycles. The van der Waals surface area contributed by atoms with Crippen LogP contribution in [0.4, 0.5) is 4.79 Å². The molecule has 6 nitrogen and oxygen atoms in total. The highest BCUT2D eigenvalue weighted by atomic mass is 16.6. The van der Waals surface area contributed by atoms with Crippen molar-refractivity contribution in [2.24, 2.45) is 11.8 Å². The Balaban J connectivity index is 4.35. The molecule has 3 N–H and O–H groups in total. The van der Waals surface area contributed by atoms with Crippen molar-refractivity contribution in [2.45, 2.75) is 149 Å². The fraction of sp³-hybridized carbons (Fsp3) is 0.933. The molecule has 0 fully saturated rings. The number of hydrogen-bond acceptors (Lipinski definition) is 4. The van der Waals surface area contributed by atoms with Crippen LogP contribution in [0.1, 0.15) is 144 Å². The third-order valence-corrected chi connectivity index (χ3v) is 6.88. The van der Waals surface area contributed by atoms with Crippen molar-refractivity contribution in [3.05, 3.63) is 0 Å². The fourth-order valence-corrected chi connectivity index (χ4v) is 4.88. The first-order chi connectivity index (χ1) is 17.2. The number of amides is 1. The lowest BCUT2D eigenvalue weighted by Crippen LogP contribution is -2.34. The van der Waals surface area contributed by atoms with Gasteiger partial charge in [0, 0.05) is 13.0 Å². The molecule has 0 saturated heterocycles. The fourth-order valence-electron chi connectivity index (χ4n) is 4.88. The molecule has 0 radical (unpaired) electrons. The summed E-state index contributed by atoms with van der Waals surface area (Å²) in [5, 5.41) is 15.6. The standard InChI is InChI=1S/C30H60N2O4/c1-6-8-10-11-12-14-19-26(18-13-9-7-2)27(21-22-28(33)34)20-15-16-23-31-24-17-25-32-29(35)36-30(3,4)5/h26-27,31H,6-25H2,1-5H3,(H,32,35)(H,33,34). The average Bonchev–Trinajstić information content (AvgIpc) is 2.80. The van der Waals surface area contributed by atoms with E-state index in [-0.39, 0.29) is 6.09 Å². The van der Waals surface area contributed by atoms with E-state index in [2.05, 4.69) is 24.5 Å². The van der Waals surface area contributed by atoms with Crippen molar-refractivity contribution >= 4 is 12.1 Å². The van der Waals surface area contributed by atoms with E-state index >= 15 is 0 Å². The van der Waals surface area contributed by atoms with Crippen LogP contribution < -0.4 is 10.6 Å². The lowest BCUT2D eigenvalue weighted by Gasteiger charge is -2.27. The molecule has 1 amide bonds. The van der Waals surface area contributed by atoms with Gasteiger partial charge >= 0.3 is 12.1 Å². The summed E-state index contributed by atoms with van der Waals surface area (Å²) >= 11 is 0. The van der Waals surface area contributed by atoms with Crippen molar-refractivity contribution in [1.29, 1.82) is 0 Å². The zero-order chi connectivity index (χ0) is 27.1. The Labute approximate surface area is 223 Å². The van der Waals surface area contributed by atoms with Crippen LogP contribution >= 0.6 is 0 Å². The maximum Gasteiger partial charge on any atom is 0.407 e. The summed E-state index contributed by atoms with van der Waals surface area (Å²) in [6.45, 7) is 12.6. The molecule has 0 aliphatic rings. The maximum atomic E-state index is 11.7. The average molecular weight is 513 g/mol. The number of carboxylic acids is 1. The molecule has 214 valence electrons. The van der Waals surface area contributed by atoms with Gasteiger partial charge in [-0.05, 0) is 65.0 Å². The van der Waals surface area contributed by atoms with Crippen molar-refractivity contribution < 1.29 is 19.4 Å². The zero-order valence-corrected chi connectivity index (χ0v) is 24.5. The van der Waals surface area contributed by atoms with Gasteiger partial charge in [-0.2, -0.15) is 0 Å². The Morgan fingerprint density at radius 3 is 1.81 bits per heavy atom. The lowest BCUT2D eigenvalue weighted by molar-refractivity contribution is -0.137. The first-order valence-corrected chi connectivity index (χ1v) is 15.1. The molecule has 0 spiro atoms. The Bertz CT molecular complexity index is 534. The normalized spacial score (nSPS) is 13.4. The summed E-state index contributed by atoms with van der Waals surface area (Å²) in [6.07, 6.45) is 19.3. The Hall–Kier alpha value is -1.30. The number of hydrogen-bond donors (Lipinski definition) is 3. The van der Waals surface area contributed by atoms with Gasteiger partial charge in [-0.3, -0.25) is 4.79 Å². The summed E-state index contributed by atoms with van der Waals surface area (Å²) in [5.41, 5.74) is -0.464. The van der Waals surface area contributed by atoms with E-state index in [1.807, 2.05) is 20.8 Å². The van der Waals surface area contributed by atoms with Gasteiger partial charge in [0.25, 0.3) is 0 Å². The highest BCUT2D eigenvalue weighted by molar-refractivity contribution is 5.67. The second-order valence-electron chi connectivity index (χ2n) is 11.5. The quantitative estimate of drug-likeness (QED) is 0.114. The summed E-state index contributed by atoms with van der Waals surface area (Å²) in [6, 6.07) is 0. The van der Waals surface area contributed by atoms with Gasteiger partial charge < -0.3 is 20.5 Å². The number of carbonyl (C=O) groups is 2. The number of unbranched alkanes of at least 4 members (excludes halogenated alkanes) is 8. The minimum atomic E-state index is -0.659.